The summed E-state index contributed by atoms with van der Waals surface area (Å²) < 4.78 is 10.5. The molecule has 162 valence electrons. The first kappa shape index (κ1) is 22.4. The highest BCUT2D eigenvalue weighted by Crippen LogP contribution is 2.47. The molecule has 2 aromatic carbocycles. The lowest BCUT2D eigenvalue weighted by Gasteiger charge is -2.40. The molecule has 1 N–H and O–H groups in total. The van der Waals surface area contributed by atoms with Gasteiger partial charge in [0.2, 0.25) is 0 Å². The Kier molecular flexibility index (Phi) is 7.35. The van der Waals surface area contributed by atoms with Gasteiger partial charge in [0, 0.05) is 11.5 Å². The Bertz CT molecular complexity index is 994. The van der Waals surface area contributed by atoms with E-state index in [9.17, 15) is 9.90 Å². The van der Waals surface area contributed by atoms with E-state index in [-0.39, 0.29) is 5.41 Å². The molecule has 1 fully saturated rings. The molecule has 0 heterocycles. The molecule has 3 rings (SSSR count). The van der Waals surface area contributed by atoms with Crippen LogP contribution in [0.2, 0.25) is 0 Å². The summed E-state index contributed by atoms with van der Waals surface area (Å²) in [4.78, 5) is 11.0. The van der Waals surface area contributed by atoms with Gasteiger partial charge < -0.3 is 14.6 Å². The lowest BCUT2D eigenvalue weighted by atomic mass is 9.63. The maximum Gasteiger partial charge on any atom is 0.334 e. The maximum atomic E-state index is 11.0. The molecule has 31 heavy (non-hydrogen) atoms. The number of hydrogen-bond donors (Lipinski definition) is 1. The van der Waals surface area contributed by atoms with Crippen LogP contribution in [0.3, 0.4) is 0 Å². The van der Waals surface area contributed by atoms with Crippen molar-refractivity contribution in [3.8, 4) is 11.5 Å². The van der Waals surface area contributed by atoms with Gasteiger partial charge in [-0.05, 0) is 85.4 Å². The lowest BCUT2D eigenvalue weighted by molar-refractivity contribution is -0.132. The molecule has 0 radical (unpaired) electrons. The highest BCUT2D eigenvalue weighted by atomic mass is 16.5. The Hall–Kier alpha value is -3.27. The molecular weight excluding hydrogens is 388 g/mol. The number of carbonyl (C=O) groups excluding carboxylic acids is 1. The fourth-order valence-corrected chi connectivity index (χ4v) is 4.63. The predicted octanol–water partition coefficient (Wildman–Crippen LogP) is 6.39. The van der Waals surface area contributed by atoms with E-state index in [4.69, 9.17) is 9.47 Å². The second-order valence-corrected chi connectivity index (χ2v) is 8.03. The van der Waals surface area contributed by atoms with E-state index >= 15 is 0 Å². The SMILES string of the molecule is C=CC(=O)O/C=C/C=C/Oc1ccc(C2(c3ccc(O)cc3C)CCCCC2)c(C)c1. The van der Waals surface area contributed by atoms with Crippen LogP contribution in [0.25, 0.3) is 0 Å². The molecule has 0 amide bonds. The number of carbonyl (C=O) groups is 1. The summed E-state index contributed by atoms with van der Waals surface area (Å²) in [6, 6.07) is 12.0. The van der Waals surface area contributed by atoms with Crippen LogP contribution in [0.1, 0.15) is 54.4 Å². The van der Waals surface area contributed by atoms with E-state index in [0.717, 1.165) is 30.2 Å². The normalized spacial score (nSPS) is 15.8. The largest absolute Gasteiger partial charge is 0.508 e. The number of phenols is 1. The lowest BCUT2D eigenvalue weighted by Crippen LogP contribution is -2.32. The molecule has 4 nitrogen and oxygen atoms in total. The van der Waals surface area contributed by atoms with Crippen molar-refractivity contribution in [3.63, 3.8) is 0 Å². The van der Waals surface area contributed by atoms with Gasteiger partial charge in [0.1, 0.15) is 11.5 Å². The first-order chi connectivity index (χ1) is 15.0. The predicted molar refractivity (Wildman–Crippen MR) is 123 cm³/mol. The van der Waals surface area contributed by atoms with Crippen molar-refractivity contribution < 1.29 is 19.4 Å². The summed E-state index contributed by atoms with van der Waals surface area (Å²) in [5.74, 6) is 0.562. The summed E-state index contributed by atoms with van der Waals surface area (Å²) >= 11 is 0. The van der Waals surface area contributed by atoms with E-state index in [1.165, 1.54) is 42.2 Å². The van der Waals surface area contributed by atoms with Gasteiger partial charge in [-0.1, -0.05) is 38.0 Å². The number of ether oxygens (including phenoxy) is 2. The van der Waals surface area contributed by atoms with Crippen LogP contribution in [-0.4, -0.2) is 11.1 Å². The average Bonchev–Trinajstić information content (AvgIpc) is 2.76. The Morgan fingerprint density at radius 1 is 0.968 bits per heavy atom. The van der Waals surface area contributed by atoms with Gasteiger partial charge in [0.05, 0.1) is 12.5 Å². The third kappa shape index (κ3) is 5.26. The number of rotatable bonds is 7. The molecule has 0 aliphatic heterocycles. The molecule has 0 atom stereocenters. The monoisotopic (exact) mass is 418 g/mol. The van der Waals surface area contributed by atoms with Crippen molar-refractivity contribution in [3.05, 3.63) is 96.0 Å². The zero-order valence-corrected chi connectivity index (χ0v) is 18.3. The van der Waals surface area contributed by atoms with Crippen molar-refractivity contribution >= 4 is 5.97 Å². The van der Waals surface area contributed by atoms with Crippen LogP contribution in [0.4, 0.5) is 0 Å². The van der Waals surface area contributed by atoms with Crippen LogP contribution in [0.5, 0.6) is 11.5 Å². The van der Waals surface area contributed by atoms with Crippen molar-refractivity contribution in [2.75, 3.05) is 0 Å². The zero-order chi connectivity index (χ0) is 22.3. The Morgan fingerprint density at radius 2 is 1.61 bits per heavy atom. The standard InChI is InChI=1S/C27H30O4/c1-4-26(29)31-17-9-8-16-30-23-11-13-25(21(3)19-23)27(14-6-5-7-15-27)24-12-10-22(28)18-20(24)2/h4,8-13,16-19,28H,1,5-7,14-15H2,2-3H3/b16-8+,17-9+. The Labute approximate surface area is 184 Å². The molecule has 0 bridgehead atoms. The second kappa shape index (κ2) is 10.2. The fraction of sp³-hybridized carbons (Fsp3) is 0.296. The van der Waals surface area contributed by atoms with Gasteiger partial charge in [-0.15, -0.1) is 0 Å². The van der Waals surface area contributed by atoms with Gasteiger partial charge in [-0.3, -0.25) is 0 Å². The summed E-state index contributed by atoms with van der Waals surface area (Å²) in [5.41, 5.74) is 4.92. The van der Waals surface area contributed by atoms with E-state index in [1.807, 2.05) is 12.1 Å². The molecular formula is C27H30O4. The molecule has 0 saturated heterocycles. The molecule has 0 spiro atoms. The third-order valence-corrected chi connectivity index (χ3v) is 5.97. The van der Waals surface area contributed by atoms with Crippen LogP contribution < -0.4 is 4.74 Å². The van der Waals surface area contributed by atoms with Crippen molar-refractivity contribution in [1.29, 1.82) is 0 Å². The second-order valence-electron chi connectivity index (χ2n) is 8.03. The number of hydrogen-bond acceptors (Lipinski definition) is 4. The molecule has 0 unspecified atom stereocenters. The van der Waals surface area contributed by atoms with Crippen molar-refractivity contribution in [2.24, 2.45) is 0 Å². The smallest absolute Gasteiger partial charge is 0.334 e. The minimum Gasteiger partial charge on any atom is -0.508 e. The van der Waals surface area contributed by atoms with E-state index in [2.05, 4.69) is 38.6 Å². The summed E-state index contributed by atoms with van der Waals surface area (Å²) in [6.45, 7) is 7.55. The molecule has 0 aromatic heterocycles. The quantitative estimate of drug-likeness (QED) is 0.245. The molecule has 2 aromatic rings. The van der Waals surface area contributed by atoms with E-state index in [1.54, 1.807) is 24.5 Å². The average molecular weight is 419 g/mol. The fourth-order valence-electron chi connectivity index (χ4n) is 4.63. The summed E-state index contributed by atoms with van der Waals surface area (Å²) in [5, 5.41) is 9.90. The third-order valence-electron chi connectivity index (χ3n) is 5.97. The van der Waals surface area contributed by atoms with Crippen LogP contribution >= 0.6 is 0 Å². The highest BCUT2D eigenvalue weighted by molar-refractivity contribution is 5.81. The number of aromatic hydroxyl groups is 1. The van der Waals surface area contributed by atoms with Crippen LogP contribution in [-0.2, 0) is 14.9 Å². The van der Waals surface area contributed by atoms with Crippen LogP contribution in [0, 0.1) is 13.8 Å². The van der Waals surface area contributed by atoms with Gasteiger partial charge >= 0.3 is 5.97 Å². The molecule has 1 aliphatic rings. The van der Waals surface area contributed by atoms with Gasteiger partial charge in [0.15, 0.2) is 0 Å². The topological polar surface area (TPSA) is 55.8 Å². The zero-order valence-electron chi connectivity index (χ0n) is 18.3. The number of benzene rings is 2. The van der Waals surface area contributed by atoms with E-state index in [0.29, 0.717) is 5.75 Å². The molecule has 1 aliphatic carbocycles. The first-order valence-corrected chi connectivity index (χ1v) is 10.7. The maximum absolute atomic E-state index is 11.0. The molecule has 1 saturated carbocycles. The number of aryl methyl sites for hydroxylation is 2. The van der Waals surface area contributed by atoms with Crippen molar-refractivity contribution in [1.82, 2.24) is 0 Å². The summed E-state index contributed by atoms with van der Waals surface area (Å²) in [7, 11) is 0. The highest BCUT2D eigenvalue weighted by Gasteiger charge is 2.37. The minimum atomic E-state index is -0.503. The Balaban J connectivity index is 1.82. The van der Waals surface area contributed by atoms with Gasteiger partial charge in [-0.25, -0.2) is 4.79 Å². The minimum absolute atomic E-state index is 0.0355. The summed E-state index contributed by atoms with van der Waals surface area (Å²) in [6.07, 6.45) is 13.0. The number of esters is 1. The van der Waals surface area contributed by atoms with Crippen LogP contribution in [0.15, 0.2) is 73.7 Å². The molecule has 4 heteroatoms. The van der Waals surface area contributed by atoms with Gasteiger partial charge in [0.25, 0.3) is 0 Å². The Morgan fingerprint density at radius 3 is 2.26 bits per heavy atom. The number of allylic oxidation sites excluding steroid dienone is 2. The first-order valence-electron chi connectivity index (χ1n) is 10.7. The number of phenolic OH excluding ortho intramolecular Hbond substituents is 1. The van der Waals surface area contributed by atoms with E-state index < -0.39 is 5.97 Å². The van der Waals surface area contributed by atoms with Crippen molar-refractivity contribution in [2.45, 2.75) is 51.4 Å². The van der Waals surface area contributed by atoms with Gasteiger partial charge in [-0.2, -0.15) is 0 Å².